The van der Waals surface area contributed by atoms with Crippen LogP contribution in [0.1, 0.15) is 46.8 Å². The highest BCUT2D eigenvalue weighted by atomic mass is 16.5. The summed E-state index contributed by atoms with van der Waals surface area (Å²) in [4.78, 5) is 20.0. The van der Waals surface area contributed by atoms with E-state index in [1.54, 1.807) is 0 Å². The number of hydrogen-bond acceptors (Lipinski definition) is 3. The third-order valence-electron chi connectivity index (χ3n) is 7.17. The average molecular weight is 468 g/mol. The number of fused-ring (bicyclic) bond motifs is 1. The van der Waals surface area contributed by atoms with Crippen molar-refractivity contribution in [3.05, 3.63) is 88.7 Å². The predicted molar refractivity (Wildman–Crippen MR) is 141 cm³/mol. The molecule has 1 atom stereocenters. The number of amides is 1. The van der Waals surface area contributed by atoms with E-state index in [0.717, 1.165) is 52.4 Å². The lowest BCUT2D eigenvalue weighted by molar-refractivity contribution is -0.117. The van der Waals surface area contributed by atoms with Crippen LogP contribution in [0.25, 0.3) is 11.0 Å². The normalized spacial score (nSPS) is 15.8. The number of rotatable bonds is 7. The number of benzene rings is 3. The molecule has 5 heteroatoms. The first-order valence-electron chi connectivity index (χ1n) is 12.4. The van der Waals surface area contributed by atoms with Crippen molar-refractivity contribution in [3.8, 4) is 5.75 Å². The minimum absolute atomic E-state index is 0.0646. The molecule has 2 heterocycles. The molecule has 5 rings (SSSR count). The Morgan fingerprint density at radius 1 is 0.971 bits per heavy atom. The van der Waals surface area contributed by atoms with Gasteiger partial charge in [-0.3, -0.25) is 4.79 Å². The molecule has 0 saturated carbocycles. The van der Waals surface area contributed by atoms with Crippen molar-refractivity contribution in [2.24, 2.45) is 0 Å². The monoisotopic (exact) mass is 467 g/mol. The SMILES string of the molecule is Cc1ccc(C)c(N2CC(c3nc4ccccc4n3CCCOc3cccc(C)c3C)CC2=O)c1. The van der Waals surface area contributed by atoms with Gasteiger partial charge in [-0.2, -0.15) is 0 Å². The van der Waals surface area contributed by atoms with Crippen molar-refractivity contribution in [1.82, 2.24) is 9.55 Å². The Bertz CT molecular complexity index is 1390. The van der Waals surface area contributed by atoms with Crippen molar-refractivity contribution < 1.29 is 9.53 Å². The summed E-state index contributed by atoms with van der Waals surface area (Å²) >= 11 is 0. The number of aromatic nitrogens is 2. The largest absolute Gasteiger partial charge is 0.493 e. The van der Waals surface area contributed by atoms with Crippen LogP contribution >= 0.6 is 0 Å². The van der Waals surface area contributed by atoms with E-state index in [-0.39, 0.29) is 11.8 Å². The molecule has 0 aliphatic carbocycles. The average Bonchev–Trinajstić information content (AvgIpc) is 3.41. The molecule has 0 bridgehead atoms. The number of ether oxygens (including phenoxy) is 1. The Morgan fingerprint density at radius 3 is 2.66 bits per heavy atom. The van der Waals surface area contributed by atoms with Gasteiger partial charge in [-0.05, 0) is 80.6 Å². The van der Waals surface area contributed by atoms with E-state index in [1.165, 1.54) is 11.1 Å². The zero-order valence-corrected chi connectivity index (χ0v) is 21.0. The van der Waals surface area contributed by atoms with Crippen LogP contribution in [-0.4, -0.2) is 28.6 Å². The van der Waals surface area contributed by atoms with Gasteiger partial charge in [0.2, 0.25) is 5.91 Å². The smallest absolute Gasteiger partial charge is 0.227 e. The molecule has 3 aromatic carbocycles. The minimum Gasteiger partial charge on any atom is -0.493 e. The molecule has 0 radical (unpaired) electrons. The fourth-order valence-corrected chi connectivity index (χ4v) is 5.05. The minimum atomic E-state index is 0.0646. The summed E-state index contributed by atoms with van der Waals surface area (Å²) in [6, 6.07) is 20.7. The highest BCUT2D eigenvalue weighted by Crippen LogP contribution is 2.35. The van der Waals surface area contributed by atoms with E-state index >= 15 is 0 Å². The zero-order valence-electron chi connectivity index (χ0n) is 21.0. The number of carbonyl (C=O) groups excluding carboxylic acids is 1. The summed E-state index contributed by atoms with van der Waals surface area (Å²) in [5.74, 6) is 2.18. The highest BCUT2D eigenvalue weighted by Gasteiger charge is 2.35. The number of para-hydroxylation sites is 2. The van der Waals surface area contributed by atoms with E-state index in [4.69, 9.17) is 9.72 Å². The summed E-state index contributed by atoms with van der Waals surface area (Å²) in [5.41, 5.74) is 7.84. The van der Waals surface area contributed by atoms with Gasteiger partial charge in [0.1, 0.15) is 11.6 Å². The topological polar surface area (TPSA) is 47.4 Å². The lowest BCUT2D eigenvalue weighted by Crippen LogP contribution is -2.25. The van der Waals surface area contributed by atoms with Gasteiger partial charge in [0.25, 0.3) is 0 Å². The predicted octanol–water partition coefficient (Wildman–Crippen LogP) is 6.26. The first kappa shape index (κ1) is 23.2. The number of anilines is 1. The Hall–Kier alpha value is -3.60. The second kappa shape index (κ2) is 9.57. The molecule has 5 nitrogen and oxygen atoms in total. The van der Waals surface area contributed by atoms with Crippen molar-refractivity contribution in [2.75, 3.05) is 18.1 Å². The van der Waals surface area contributed by atoms with Crippen LogP contribution in [0.3, 0.4) is 0 Å². The second-order valence-corrected chi connectivity index (χ2v) is 9.71. The Balaban J connectivity index is 1.36. The van der Waals surface area contributed by atoms with Crippen LogP contribution in [0.15, 0.2) is 60.7 Å². The summed E-state index contributed by atoms with van der Waals surface area (Å²) in [5, 5.41) is 0. The molecule has 1 saturated heterocycles. The number of carbonyl (C=O) groups is 1. The molecule has 1 amide bonds. The van der Waals surface area contributed by atoms with Gasteiger partial charge in [0.05, 0.1) is 17.6 Å². The lowest BCUT2D eigenvalue weighted by Gasteiger charge is -2.20. The molecule has 1 aromatic heterocycles. The van der Waals surface area contributed by atoms with Gasteiger partial charge in [-0.25, -0.2) is 4.98 Å². The van der Waals surface area contributed by atoms with Gasteiger partial charge in [0, 0.05) is 31.1 Å². The molecule has 1 aliphatic rings. The maximum atomic E-state index is 13.1. The number of imidazole rings is 1. The molecule has 1 aliphatic heterocycles. The van der Waals surface area contributed by atoms with Crippen molar-refractivity contribution in [1.29, 1.82) is 0 Å². The first-order chi connectivity index (χ1) is 16.9. The summed E-state index contributed by atoms with van der Waals surface area (Å²) < 4.78 is 8.41. The van der Waals surface area contributed by atoms with Crippen LogP contribution in [0.4, 0.5) is 5.69 Å². The zero-order chi connectivity index (χ0) is 24.5. The van der Waals surface area contributed by atoms with E-state index < -0.39 is 0 Å². The molecule has 0 N–H and O–H groups in total. The van der Waals surface area contributed by atoms with E-state index in [0.29, 0.717) is 19.6 Å². The number of nitrogens with zero attached hydrogens (tertiary/aromatic N) is 3. The Labute approximate surface area is 207 Å². The maximum Gasteiger partial charge on any atom is 0.227 e. The number of hydrogen-bond donors (Lipinski definition) is 0. The Morgan fingerprint density at radius 2 is 1.80 bits per heavy atom. The van der Waals surface area contributed by atoms with Crippen molar-refractivity contribution >= 4 is 22.6 Å². The van der Waals surface area contributed by atoms with E-state index in [2.05, 4.69) is 74.7 Å². The lowest BCUT2D eigenvalue weighted by atomic mass is 10.1. The molecule has 0 spiro atoms. The number of aryl methyl sites for hydroxylation is 4. The van der Waals surface area contributed by atoms with Gasteiger partial charge < -0.3 is 14.2 Å². The van der Waals surface area contributed by atoms with Crippen LogP contribution in [0.5, 0.6) is 5.75 Å². The fourth-order valence-electron chi connectivity index (χ4n) is 5.05. The molecule has 1 fully saturated rings. The van der Waals surface area contributed by atoms with Crippen LogP contribution < -0.4 is 9.64 Å². The van der Waals surface area contributed by atoms with Crippen LogP contribution in [-0.2, 0) is 11.3 Å². The highest BCUT2D eigenvalue weighted by molar-refractivity contribution is 5.97. The second-order valence-electron chi connectivity index (χ2n) is 9.71. The van der Waals surface area contributed by atoms with Crippen LogP contribution in [0, 0.1) is 27.7 Å². The summed E-state index contributed by atoms with van der Waals surface area (Å²) in [6.07, 6.45) is 1.35. The standard InChI is InChI=1S/C30H33N3O2/c1-20-13-14-22(3)27(17-20)33-19-24(18-29(33)34)30-31-25-10-5-6-11-26(25)32(30)15-8-16-35-28-12-7-9-21(2)23(28)4/h5-7,9-14,17,24H,8,15-16,18-19H2,1-4H3. The molecule has 1 unspecified atom stereocenters. The first-order valence-corrected chi connectivity index (χ1v) is 12.4. The van der Waals surface area contributed by atoms with Crippen molar-refractivity contribution in [2.45, 2.75) is 53.0 Å². The molecule has 4 aromatic rings. The summed E-state index contributed by atoms with van der Waals surface area (Å²) in [6.45, 7) is 10.4. The molecule has 180 valence electrons. The van der Waals surface area contributed by atoms with E-state index in [1.807, 2.05) is 23.1 Å². The summed E-state index contributed by atoms with van der Waals surface area (Å²) in [7, 11) is 0. The third kappa shape index (κ3) is 4.55. The van der Waals surface area contributed by atoms with Crippen molar-refractivity contribution in [3.63, 3.8) is 0 Å². The maximum absolute atomic E-state index is 13.1. The van der Waals surface area contributed by atoms with Gasteiger partial charge >= 0.3 is 0 Å². The molecular weight excluding hydrogens is 434 g/mol. The Kier molecular flexibility index (Phi) is 6.33. The molecule has 35 heavy (non-hydrogen) atoms. The fraction of sp³-hybridized carbons (Fsp3) is 0.333. The van der Waals surface area contributed by atoms with Crippen LogP contribution in [0.2, 0.25) is 0 Å². The molecular formula is C30H33N3O2. The van der Waals surface area contributed by atoms with Gasteiger partial charge in [0.15, 0.2) is 0 Å². The van der Waals surface area contributed by atoms with Gasteiger partial charge in [-0.1, -0.05) is 36.4 Å². The third-order valence-corrected chi connectivity index (χ3v) is 7.17. The quantitative estimate of drug-likeness (QED) is 0.301. The van der Waals surface area contributed by atoms with E-state index in [9.17, 15) is 4.79 Å². The van der Waals surface area contributed by atoms with Gasteiger partial charge in [-0.15, -0.1) is 0 Å².